The summed E-state index contributed by atoms with van der Waals surface area (Å²) in [5, 5.41) is 6.41. The van der Waals surface area contributed by atoms with Crippen LogP contribution in [0.25, 0.3) is 0 Å². The number of nitrogens with zero attached hydrogens (tertiary/aromatic N) is 1. The van der Waals surface area contributed by atoms with Gasteiger partial charge in [0.15, 0.2) is 5.11 Å². The third-order valence-electron chi connectivity index (χ3n) is 5.54. The van der Waals surface area contributed by atoms with Gasteiger partial charge >= 0.3 is 0 Å². The summed E-state index contributed by atoms with van der Waals surface area (Å²) in [7, 11) is -6.24. The van der Waals surface area contributed by atoms with Crippen molar-refractivity contribution < 1.29 is 26.3 Å². The molecule has 0 radical (unpaired) electrons. The third kappa shape index (κ3) is 6.73. The van der Waals surface area contributed by atoms with E-state index in [1.807, 2.05) is 0 Å². The lowest BCUT2D eigenvalue weighted by molar-refractivity contribution is 0.0730. The largest absolute Gasteiger partial charge is 0.497 e. The molecule has 0 aliphatic carbocycles. The van der Waals surface area contributed by atoms with Gasteiger partial charge in [-0.2, -0.15) is 4.31 Å². The Bertz CT molecular complexity index is 1510. The quantitative estimate of drug-likeness (QED) is 0.331. The molecule has 1 aliphatic rings. The van der Waals surface area contributed by atoms with E-state index in [1.54, 1.807) is 42.5 Å². The molecule has 0 unspecified atom stereocenters. The van der Waals surface area contributed by atoms with Crippen LogP contribution in [0.5, 0.6) is 5.75 Å². The second kappa shape index (κ2) is 11.8. The zero-order chi connectivity index (χ0) is 27.3. The number of halogens is 1. The first-order valence-electron chi connectivity index (χ1n) is 11.3. The molecule has 1 heterocycles. The number of nitrogens with one attached hydrogen (secondary N) is 3. The summed E-state index contributed by atoms with van der Waals surface area (Å²) in [6.07, 6.45) is 0. The van der Waals surface area contributed by atoms with Gasteiger partial charge in [-0.15, -0.1) is 0 Å². The van der Waals surface area contributed by atoms with E-state index in [0.29, 0.717) is 48.5 Å². The fourth-order valence-electron chi connectivity index (χ4n) is 3.61. The molecule has 4 rings (SSSR count). The van der Waals surface area contributed by atoms with Crippen molar-refractivity contribution in [2.75, 3.05) is 48.8 Å². The summed E-state index contributed by atoms with van der Waals surface area (Å²) in [5.41, 5.74) is 1.05. The Hall–Kier alpha value is -2.94. The Morgan fingerprint density at radius 1 is 0.921 bits per heavy atom. The fourth-order valence-corrected chi connectivity index (χ4v) is 6.61. The van der Waals surface area contributed by atoms with Crippen LogP contribution in [0, 0.1) is 0 Å². The van der Waals surface area contributed by atoms with Crippen LogP contribution in [0.15, 0.2) is 76.5 Å². The van der Waals surface area contributed by atoms with Crippen LogP contribution in [-0.4, -0.2) is 59.7 Å². The topological polar surface area (TPSA) is 126 Å². The molecular formula is C24H25ClN4O6S3. The number of sulfonamides is 2. The average Bonchev–Trinajstić information content (AvgIpc) is 2.91. The van der Waals surface area contributed by atoms with Crippen molar-refractivity contribution in [1.29, 1.82) is 0 Å². The molecule has 0 aromatic heterocycles. The average molecular weight is 597 g/mol. The van der Waals surface area contributed by atoms with Gasteiger partial charge in [-0.05, 0) is 72.9 Å². The molecule has 202 valence electrons. The van der Waals surface area contributed by atoms with Crippen molar-refractivity contribution in [2.45, 2.75) is 9.79 Å². The maximum Gasteiger partial charge on any atom is 0.264 e. The summed E-state index contributed by atoms with van der Waals surface area (Å²) < 4.78 is 66.4. The number of ether oxygens (including phenoxy) is 2. The smallest absolute Gasteiger partial charge is 0.264 e. The normalized spacial score (nSPS) is 14.5. The van der Waals surface area contributed by atoms with Crippen molar-refractivity contribution in [3.8, 4) is 5.75 Å². The van der Waals surface area contributed by atoms with E-state index >= 15 is 0 Å². The minimum Gasteiger partial charge on any atom is -0.497 e. The molecule has 1 fully saturated rings. The maximum atomic E-state index is 13.2. The first kappa shape index (κ1) is 28.1. The molecule has 3 aromatic carbocycles. The van der Waals surface area contributed by atoms with Crippen molar-refractivity contribution in [3.63, 3.8) is 0 Å². The van der Waals surface area contributed by atoms with Crippen molar-refractivity contribution in [2.24, 2.45) is 0 Å². The highest BCUT2D eigenvalue weighted by atomic mass is 35.5. The molecule has 38 heavy (non-hydrogen) atoms. The molecule has 0 saturated carbocycles. The van der Waals surface area contributed by atoms with Gasteiger partial charge in [0.1, 0.15) is 10.6 Å². The summed E-state index contributed by atoms with van der Waals surface area (Å²) in [6, 6.07) is 16.8. The molecule has 1 aliphatic heterocycles. The van der Waals surface area contributed by atoms with Gasteiger partial charge < -0.3 is 20.1 Å². The molecule has 14 heteroatoms. The van der Waals surface area contributed by atoms with Gasteiger partial charge in [0.2, 0.25) is 10.0 Å². The van der Waals surface area contributed by atoms with E-state index in [1.165, 1.54) is 35.7 Å². The van der Waals surface area contributed by atoms with Crippen LogP contribution in [0.2, 0.25) is 5.02 Å². The minimum absolute atomic E-state index is 0.0945. The standard InChI is InChI=1S/C24H25ClN4O6S3/c1-34-20-8-11-22(23(16-20)37(30,31)28-19-4-2-17(25)3-5-19)27-24(36)26-18-6-9-21(10-7-18)38(32,33)29-12-14-35-15-13-29/h2-11,16,28H,12-15H2,1H3,(H2,26,27,36). The molecule has 0 atom stereocenters. The monoisotopic (exact) mass is 596 g/mol. The number of anilines is 3. The lowest BCUT2D eigenvalue weighted by atomic mass is 10.3. The molecule has 10 nitrogen and oxygen atoms in total. The van der Waals surface area contributed by atoms with E-state index in [0.717, 1.165) is 0 Å². The van der Waals surface area contributed by atoms with Gasteiger partial charge in [-0.3, -0.25) is 4.72 Å². The van der Waals surface area contributed by atoms with Crippen LogP contribution < -0.4 is 20.1 Å². The lowest BCUT2D eigenvalue weighted by Gasteiger charge is -2.26. The zero-order valence-electron chi connectivity index (χ0n) is 20.2. The first-order valence-corrected chi connectivity index (χ1v) is 15.0. The predicted octanol–water partition coefficient (Wildman–Crippen LogP) is 3.98. The van der Waals surface area contributed by atoms with Crippen LogP contribution in [-0.2, 0) is 24.8 Å². The summed E-state index contributed by atoms with van der Waals surface area (Å²) in [6.45, 7) is 1.32. The minimum atomic E-state index is -4.04. The van der Waals surface area contributed by atoms with Gasteiger partial charge in [-0.25, -0.2) is 16.8 Å². The molecule has 3 aromatic rings. The number of thiocarbonyl (C=S) groups is 1. The van der Waals surface area contributed by atoms with E-state index in [2.05, 4.69) is 15.4 Å². The fraction of sp³-hybridized carbons (Fsp3) is 0.208. The number of hydrogen-bond acceptors (Lipinski definition) is 7. The maximum absolute atomic E-state index is 13.2. The molecule has 0 spiro atoms. The second-order valence-electron chi connectivity index (χ2n) is 8.09. The third-order valence-corrected chi connectivity index (χ3v) is 9.33. The van der Waals surface area contributed by atoms with Crippen LogP contribution in [0.1, 0.15) is 0 Å². The Morgan fingerprint density at radius 2 is 1.55 bits per heavy atom. The van der Waals surface area contributed by atoms with Crippen molar-refractivity contribution >= 4 is 66.0 Å². The lowest BCUT2D eigenvalue weighted by Crippen LogP contribution is -2.40. The number of rotatable bonds is 8. The van der Waals surface area contributed by atoms with Crippen molar-refractivity contribution in [1.82, 2.24) is 4.31 Å². The highest BCUT2D eigenvalue weighted by molar-refractivity contribution is 7.93. The van der Waals surface area contributed by atoms with E-state index in [4.69, 9.17) is 33.3 Å². The highest BCUT2D eigenvalue weighted by Gasteiger charge is 2.26. The molecule has 0 bridgehead atoms. The number of hydrogen-bond donors (Lipinski definition) is 3. The van der Waals surface area contributed by atoms with E-state index in [-0.39, 0.29) is 20.6 Å². The predicted molar refractivity (Wildman–Crippen MR) is 151 cm³/mol. The zero-order valence-corrected chi connectivity index (χ0v) is 23.4. The molecular weight excluding hydrogens is 572 g/mol. The van der Waals surface area contributed by atoms with E-state index in [9.17, 15) is 16.8 Å². The number of methoxy groups -OCH3 is 1. The Balaban J connectivity index is 1.50. The van der Waals surface area contributed by atoms with Gasteiger partial charge in [-0.1, -0.05) is 11.6 Å². The summed E-state index contributed by atoms with van der Waals surface area (Å²) in [5.74, 6) is 0.336. The second-order valence-corrected chi connectivity index (χ2v) is 12.5. The Labute approximate surface area is 232 Å². The van der Waals surface area contributed by atoms with Crippen LogP contribution >= 0.6 is 23.8 Å². The summed E-state index contributed by atoms with van der Waals surface area (Å²) in [4.78, 5) is 0.0588. The summed E-state index contributed by atoms with van der Waals surface area (Å²) >= 11 is 11.3. The molecule has 3 N–H and O–H groups in total. The number of morpholine rings is 1. The van der Waals surface area contributed by atoms with Crippen LogP contribution in [0.3, 0.4) is 0 Å². The van der Waals surface area contributed by atoms with E-state index < -0.39 is 20.0 Å². The highest BCUT2D eigenvalue weighted by Crippen LogP contribution is 2.29. The molecule has 1 saturated heterocycles. The SMILES string of the molecule is COc1ccc(NC(=S)Nc2ccc(S(=O)(=O)N3CCOCC3)cc2)c(S(=O)(=O)Nc2ccc(Cl)cc2)c1. The Kier molecular flexibility index (Phi) is 8.75. The van der Waals surface area contributed by atoms with Crippen LogP contribution in [0.4, 0.5) is 17.1 Å². The first-order chi connectivity index (χ1) is 18.1. The van der Waals surface area contributed by atoms with Crippen molar-refractivity contribution in [3.05, 3.63) is 71.8 Å². The number of benzene rings is 3. The van der Waals surface area contributed by atoms with Gasteiger partial charge in [0, 0.05) is 35.6 Å². The molecule has 0 amide bonds. The van der Waals surface area contributed by atoms with Gasteiger partial charge in [0.05, 0.1) is 30.9 Å². The van der Waals surface area contributed by atoms with Gasteiger partial charge in [0.25, 0.3) is 10.0 Å². The Morgan fingerprint density at radius 3 is 2.18 bits per heavy atom.